The highest BCUT2D eigenvalue weighted by atomic mass is 32.2. The lowest BCUT2D eigenvalue weighted by Gasteiger charge is -2.22. The van der Waals surface area contributed by atoms with E-state index >= 15 is 0 Å². The van der Waals surface area contributed by atoms with Crippen LogP contribution in [0.4, 0.5) is 23.2 Å². The third kappa shape index (κ3) is 2.32. The molecule has 0 spiro atoms. The maximum atomic E-state index is 14.0. The molecule has 124 valence electrons. The predicted molar refractivity (Wildman–Crippen MR) is 73.2 cm³/mol. The van der Waals surface area contributed by atoms with Crippen molar-refractivity contribution in [2.45, 2.75) is 25.9 Å². The highest BCUT2D eigenvalue weighted by Crippen LogP contribution is 2.44. The second-order valence-corrected chi connectivity index (χ2v) is 6.24. The topological polar surface area (TPSA) is 61.9 Å². The number of hydrogen-bond donors (Lipinski definition) is 1. The summed E-state index contributed by atoms with van der Waals surface area (Å²) in [6.45, 7) is -1.69. The summed E-state index contributed by atoms with van der Waals surface area (Å²) in [4.78, 5) is 4.03. The van der Waals surface area contributed by atoms with Crippen molar-refractivity contribution in [3.63, 3.8) is 0 Å². The van der Waals surface area contributed by atoms with Crippen molar-refractivity contribution in [3.05, 3.63) is 23.3 Å². The SMILES string of the molecule is CCC1C2=NCS(=O)C2=[N+](O)c2cc(F)c(F)c(OC(F)F)c21. The molecule has 0 bridgehead atoms. The maximum absolute atomic E-state index is 14.0. The summed E-state index contributed by atoms with van der Waals surface area (Å²) >= 11 is 0. The summed E-state index contributed by atoms with van der Waals surface area (Å²) in [6, 6.07) is 0.658. The first-order valence-electron chi connectivity index (χ1n) is 6.62. The van der Waals surface area contributed by atoms with Gasteiger partial charge in [-0.2, -0.15) is 13.2 Å². The summed E-state index contributed by atoms with van der Waals surface area (Å²) in [5.41, 5.74) is -0.225. The molecule has 1 N–H and O–H groups in total. The van der Waals surface area contributed by atoms with Crippen molar-refractivity contribution in [3.8, 4) is 5.75 Å². The van der Waals surface area contributed by atoms with Crippen LogP contribution in [0.2, 0.25) is 0 Å². The fraction of sp³-hybridized carbons (Fsp3) is 0.385. The number of nitrogens with zero attached hydrogens (tertiary/aromatic N) is 2. The molecule has 0 radical (unpaired) electrons. The number of halogens is 4. The van der Waals surface area contributed by atoms with E-state index in [1.807, 2.05) is 0 Å². The molecule has 5 nitrogen and oxygen atoms in total. The summed E-state index contributed by atoms with van der Waals surface area (Å²) in [5.74, 6) is -4.85. The molecule has 10 heteroatoms. The zero-order chi connectivity index (χ0) is 16.9. The Bertz CT molecular complexity index is 779. The van der Waals surface area contributed by atoms with E-state index < -0.39 is 40.7 Å². The van der Waals surface area contributed by atoms with Gasteiger partial charge in [0.1, 0.15) is 22.4 Å². The van der Waals surface area contributed by atoms with E-state index in [-0.39, 0.29) is 34.3 Å². The van der Waals surface area contributed by atoms with E-state index in [1.54, 1.807) is 6.92 Å². The Morgan fingerprint density at radius 2 is 2.22 bits per heavy atom. The number of hydrogen-bond acceptors (Lipinski definition) is 4. The summed E-state index contributed by atoms with van der Waals surface area (Å²) in [5, 5.41) is 10.1. The summed E-state index contributed by atoms with van der Waals surface area (Å²) < 4.78 is 69.4. The van der Waals surface area contributed by atoms with Gasteiger partial charge in [0.2, 0.25) is 5.82 Å². The molecule has 2 aliphatic rings. The van der Waals surface area contributed by atoms with Gasteiger partial charge in [-0.05, 0) is 6.42 Å². The third-order valence-electron chi connectivity index (χ3n) is 3.69. The number of benzene rings is 1. The zero-order valence-corrected chi connectivity index (χ0v) is 12.5. The lowest BCUT2D eigenvalue weighted by atomic mass is 9.87. The van der Waals surface area contributed by atoms with Crippen LogP contribution in [0.25, 0.3) is 0 Å². The molecule has 23 heavy (non-hydrogen) atoms. The Hall–Kier alpha value is -1.97. The van der Waals surface area contributed by atoms with Gasteiger partial charge in [-0.1, -0.05) is 6.92 Å². The molecule has 0 fully saturated rings. The highest BCUT2D eigenvalue weighted by molar-refractivity contribution is 8.03. The molecule has 0 aromatic heterocycles. The fourth-order valence-corrected chi connectivity index (χ4v) is 3.91. The van der Waals surface area contributed by atoms with E-state index in [2.05, 4.69) is 9.73 Å². The molecule has 2 atom stereocenters. The maximum Gasteiger partial charge on any atom is 0.387 e. The molecule has 2 unspecified atom stereocenters. The Labute approximate surface area is 130 Å². The second kappa shape index (κ2) is 5.59. The average molecular weight is 351 g/mol. The van der Waals surface area contributed by atoms with Crippen molar-refractivity contribution in [2.24, 2.45) is 4.99 Å². The van der Waals surface area contributed by atoms with Crippen LogP contribution in [0.3, 0.4) is 0 Å². The highest BCUT2D eigenvalue weighted by Gasteiger charge is 2.48. The smallest absolute Gasteiger partial charge is 0.387 e. The lowest BCUT2D eigenvalue weighted by molar-refractivity contribution is -0.710. The van der Waals surface area contributed by atoms with E-state index in [1.165, 1.54) is 0 Å². The number of alkyl halides is 2. The molecule has 0 aliphatic carbocycles. The van der Waals surface area contributed by atoms with Gasteiger partial charge < -0.3 is 4.74 Å². The van der Waals surface area contributed by atoms with Crippen LogP contribution >= 0.6 is 0 Å². The number of fused-ring (bicyclic) bond motifs is 2. The minimum absolute atomic E-state index is 0.0432. The van der Waals surface area contributed by atoms with Gasteiger partial charge in [0.25, 0.3) is 5.69 Å². The molecule has 0 amide bonds. The van der Waals surface area contributed by atoms with Gasteiger partial charge in [-0.25, -0.2) is 8.60 Å². The zero-order valence-electron chi connectivity index (χ0n) is 11.7. The monoisotopic (exact) mass is 351 g/mol. The number of aliphatic imine (C=N–C) groups is 1. The molecule has 2 heterocycles. The van der Waals surface area contributed by atoms with E-state index in [0.29, 0.717) is 10.8 Å². The molecular weight excluding hydrogens is 340 g/mol. The Morgan fingerprint density at radius 1 is 1.52 bits per heavy atom. The quantitative estimate of drug-likeness (QED) is 0.517. The lowest BCUT2D eigenvalue weighted by Crippen LogP contribution is -2.34. The van der Waals surface area contributed by atoms with Crippen LogP contribution in [-0.4, -0.2) is 37.4 Å². The van der Waals surface area contributed by atoms with Crippen molar-refractivity contribution in [1.29, 1.82) is 0 Å². The molecule has 0 saturated heterocycles. The van der Waals surface area contributed by atoms with E-state index in [4.69, 9.17) is 0 Å². The van der Waals surface area contributed by atoms with Crippen molar-refractivity contribution < 1.29 is 36.5 Å². The molecule has 2 aliphatic heterocycles. The number of ether oxygens (including phenoxy) is 1. The van der Waals surface area contributed by atoms with E-state index in [9.17, 15) is 27.0 Å². The molecular formula is C13H11F4N2O3S+. The van der Waals surface area contributed by atoms with Crippen molar-refractivity contribution in [2.75, 3.05) is 5.88 Å². The van der Waals surface area contributed by atoms with Gasteiger partial charge >= 0.3 is 11.7 Å². The van der Waals surface area contributed by atoms with Crippen LogP contribution in [0.15, 0.2) is 11.1 Å². The fourth-order valence-electron chi connectivity index (χ4n) is 2.80. The van der Waals surface area contributed by atoms with Gasteiger partial charge in [-0.3, -0.25) is 10.2 Å². The van der Waals surface area contributed by atoms with Gasteiger partial charge in [0.05, 0.1) is 11.6 Å². The van der Waals surface area contributed by atoms with E-state index in [0.717, 1.165) is 0 Å². The van der Waals surface area contributed by atoms with Crippen LogP contribution in [0.5, 0.6) is 5.75 Å². The first kappa shape index (κ1) is 15.9. The molecule has 1 aromatic rings. The second-order valence-electron chi connectivity index (χ2n) is 4.91. The third-order valence-corrected chi connectivity index (χ3v) is 4.87. The van der Waals surface area contributed by atoms with Gasteiger partial charge in [-0.15, -0.1) is 0 Å². The van der Waals surface area contributed by atoms with Crippen molar-refractivity contribution >= 4 is 27.2 Å². The molecule has 1 aromatic carbocycles. The normalized spacial score (nSPS) is 23.0. The number of rotatable bonds is 3. The Kier molecular flexibility index (Phi) is 3.86. The van der Waals surface area contributed by atoms with Crippen molar-refractivity contribution in [1.82, 2.24) is 0 Å². The first-order chi connectivity index (χ1) is 10.9. The average Bonchev–Trinajstić information content (AvgIpc) is 2.87. The first-order valence-corrected chi connectivity index (χ1v) is 7.94. The van der Waals surface area contributed by atoms with Crippen LogP contribution in [0, 0.1) is 11.6 Å². The van der Waals surface area contributed by atoms with Crippen LogP contribution in [0.1, 0.15) is 24.8 Å². The largest absolute Gasteiger partial charge is 0.431 e. The standard InChI is InChI=1S/C13H11F4N2O3S/c1-2-5-8-7(19(20)12-10(5)18-4-23(12)21)3-6(14)9(15)11(8)22-13(16)17/h3,5,13,20H,2,4H2,1H3/q+1. The molecule has 3 rings (SSSR count). The Balaban J connectivity index is 2.35. The van der Waals surface area contributed by atoms with Crippen LogP contribution < -0.4 is 4.74 Å². The van der Waals surface area contributed by atoms with Gasteiger partial charge in [0.15, 0.2) is 11.6 Å². The minimum Gasteiger partial charge on any atom is -0.431 e. The van der Waals surface area contributed by atoms with Crippen LogP contribution in [-0.2, 0) is 10.8 Å². The Morgan fingerprint density at radius 3 is 2.83 bits per heavy atom. The van der Waals surface area contributed by atoms with Gasteiger partial charge in [0, 0.05) is 10.7 Å². The summed E-state index contributed by atoms with van der Waals surface area (Å²) in [6.07, 6.45) is 0.283. The summed E-state index contributed by atoms with van der Waals surface area (Å²) in [7, 11) is -1.64. The predicted octanol–water partition coefficient (Wildman–Crippen LogP) is 2.67. The minimum atomic E-state index is -3.37. The molecule has 0 saturated carbocycles.